The summed E-state index contributed by atoms with van der Waals surface area (Å²) in [6.45, 7) is 8.65. The fourth-order valence-electron chi connectivity index (χ4n) is 3.97. The normalized spacial score (nSPS) is 11.3. The van der Waals surface area contributed by atoms with Gasteiger partial charge >= 0.3 is 10.8 Å². The third-order valence-corrected chi connectivity index (χ3v) is 6.06. The van der Waals surface area contributed by atoms with E-state index in [1.165, 1.54) is 0 Å². The predicted octanol–water partition coefficient (Wildman–Crippen LogP) is 6.12. The number of nitrogens with one attached hydrogen (secondary N) is 1. The molecule has 33 heavy (non-hydrogen) atoms. The number of aromatic nitrogens is 5. The fourth-order valence-corrected chi connectivity index (χ4v) is 4.11. The number of benzene rings is 2. The van der Waals surface area contributed by atoms with Crippen LogP contribution in [-0.4, -0.2) is 31.3 Å². The van der Waals surface area contributed by atoms with Crippen molar-refractivity contribution in [1.29, 1.82) is 0 Å². The van der Waals surface area contributed by atoms with Gasteiger partial charge in [0.15, 0.2) is 11.5 Å². The Kier molecular flexibility index (Phi) is 5.30. The van der Waals surface area contributed by atoms with Crippen molar-refractivity contribution in [2.24, 2.45) is 0 Å². The summed E-state index contributed by atoms with van der Waals surface area (Å²) in [7, 11) is 0. The van der Waals surface area contributed by atoms with Crippen LogP contribution >= 0.6 is 12.2 Å². The first-order valence-electron chi connectivity index (χ1n) is 10.7. The van der Waals surface area contributed by atoms with Crippen molar-refractivity contribution in [3.05, 3.63) is 70.2 Å². The van der Waals surface area contributed by atoms with Crippen LogP contribution in [0.15, 0.2) is 53.1 Å². The molecule has 0 atom stereocenters. The van der Waals surface area contributed by atoms with E-state index >= 15 is 0 Å². The van der Waals surface area contributed by atoms with E-state index in [0.717, 1.165) is 50.4 Å². The van der Waals surface area contributed by atoms with Crippen molar-refractivity contribution < 1.29 is 9.26 Å². The summed E-state index contributed by atoms with van der Waals surface area (Å²) in [5.74, 6) is 0.601. The van der Waals surface area contributed by atoms with Crippen molar-refractivity contribution in [2.75, 3.05) is 6.61 Å². The molecule has 0 unspecified atom stereocenters. The van der Waals surface area contributed by atoms with Gasteiger partial charge in [-0.2, -0.15) is 9.97 Å². The number of aryl methyl sites for hydroxylation is 2. The van der Waals surface area contributed by atoms with Gasteiger partial charge in [-0.15, -0.1) is 0 Å². The van der Waals surface area contributed by atoms with E-state index in [9.17, 15) is 0 Å². The molecule has 0 bridgehead atoms. The monoisotopic (exact) mass is 457 g/mol. The number of aromatic amines is 1. The SMILES string of the molecule is CCOc1nc2c(C)c(C)c(C)nc2n1-c1ccc(-c2ccccc2-c2nc(=S)o[nH]2)cc1. The lowest BCUT2D eigenvalue weighted by Gasteiger charge is -2.12. The van der Waals surface area contributed by atoms with E-state index in [1.54, 1.807) is 0 Å². The lowest BCUT2D eigenvalue weighted by Crippen LogP contribution is -2.03. The minimum absolute atomic E-state index is 0.180. The lowest BCUT2D eigenvalue weighted by atomic mass is 9.99. The molecule has 0 saturated carbocycles. The number of hydrogen-bond donors (Lipinski definition) is 1. The number of fused-ring (bicyclic) bond motifs is 1. The Bertz CT molecular complexity index is 1530. The summed E-state index contributed by atoms with van der Waals surface area (Å²) in [6.07, 6.45) is 0. The number of ether oxygens (including phenoxy) is 1. The predicted molar refractivity (Wildman–Crippen MR) is 130 cm³/mol. The summed E-state index contributed by atoms with van der Waals surface area (Å²) < 4.78 is 13.0. The Balaban J connectivity index is 1.63. The highest BCUT2D eigenvalue weighted by atomic mass is 32.1. The number of rotatable bonds is 5. The molecule has 0 radical (unpaired) electrons. The molecule has 0 aliphatic carbocycles. The summed E-state index contributed by atoms with van der Waals surface area (Å²) in [5.41, 5.74) is 8.80. The molecule has 1 N–H and O–H groups in total. The molecule has 5 rings (SSSR count). The second-order valence-electron chi connectivity index (χ2n) is 7.81. The molecule has 0 saturated heterocycles. The molecule has 3 aromatic heterocycles. The first-order chi connectivity index (χ1) is 16.0. The van der Waals surface area contributed by atoms with Crippen LogP contribution in [0.25, 0.3) is 39.4 Å². The Hall–Kier alpha value is -3.78. The number of nitrogens with zero attached hydrogens (tertiary/aromatic N) is 4. The zero-order valence-corrected chi connectivity index (χ0v) is 19.7. The first-order valence-corrected chi connectivity index (χ1v) is 11.1. The molecule has 7 nitrogen and oxygen atoms in total. The second kappa shape index (κ2) is 8.29. The Labute approximate surface area is 196 Å². The quantitative estimate of drug-likeness (QED) is 0.320. The summed E-state index contributed by atoms with van der Waals surface area (Å²) in [6, 6.07) is 16.8. The topological polar surface area (TPSA) is 81.8 Å². The molecule has 0 aliphatic heterocycles. The van der Waals surface area contributed by atoms with Crippen molar-refractivity contribution in [3.8, 4) is 34.2 Å². The summed E-state index contributed by atoms with van der Waals surface area (Å²) in [5, 5.41) is 2.79. The Morgan fingerprint density at radius 1 is 0.939 bits per heavy atom. The van der Waals surface area contributed by atoms with Crippen LogP contribution in [0.1, 0.15) is 23.7 Å². The number of pyridine rings is 1. The smallest absolute Gasteiger partial charge is 0.314 e. The van der Waals surface area contributed by atoms with Crippen molar-refractivity contribution in [3.63, 3.8) is 0 Å². The van der Waals surface area contributed by atoms with Crippen LogP contribution in [0.2, 0.25) is 0 Å². The summed E-state index contributed by atoms with van der Waals surface area (Å²) in [4.78, 5) is 14.1. The van der Waals surface area contributed by atoms with Crippen LogP contribution in [0.5, 0.6) is 6.01 Å². The molecular weight excluding hydrogens is 434 g/mol. The number of hydrogen-bond acceptors (Lipinski definition) is 6. The van der Waals surface area contributed by atoms with Crippen LogP contribution in [-0.2, 0) is 0 Å². The minimum atomic E-state index is 0.180. The molecule has 0 aliphatic rings. The maximum absolute atomic E-state index is 5.88. The maximum Gasteiger partial charge on any atom is 0.314 e. The highest BCUT2D eigenvalue weighted by Crippen LogP contribution is 2.33. The van der Waals surface area contributed by atoms with E-state index in [-0.39, 0.29) is 4.84 Å². The highest BCUT2D eigenvalue weighted by molar-refractivity contribution is 7.71. The first kappa shape index (κ1) is 21.1. The number of imidazole rings is 1. The van der Waals surface area contributed by atoms with Crippen LogP contribution in [0, 0.1) is 25.6 Å². The van der Waals surface area contributed by atoms with Gasteiger partial charge in [-0.05, 0) is 74.3 Å². The van der Waals surface area contributed by atoms with E-state index in [1.807, 2.05) is 54.8 Å². The maximum atomic E-state index is 5.88. The van der Waals surface area contributed by atoms with Crippen LogP contribution in [0.4, 0.5) is 0 Å². The van der Waals surface area contributed by atoms with Gasteiger partial charge in [0.1, 0.15) is 5.52 Å². The lowest BCUT2D eigenvalue weighted by molar-refractivity contribution is 0.309. The average Bonchev–Trinajstić information content (AvgIpc) is 3.41. The van der Waals surface area contributed by atoms with Gasteiger partial charge in [-0.25, -0.2) is 14.7 Å². The van der Waals surface area contributed by atoms with Gasteiger partial charge in [0, 0.05) is 11.3 Å². The average molecular weight is 458 g/mol. The largest absolute Gasteiger partial charge is 0.465 e. The van der Waals surface area contributed by atoms with Crippen molar-refractivity contribution in [1.82, 2.24) is 24.7 Å². The fraction of sp³-hybridized carbons (Fsp3) is 0.200. The van der Waals surface area contributed by atoms with Crippen molar-refractivity contribution in [2.45, 2.75) is 27.7 Å². The molecule has 0 spiro atoms. The minimum Gasteiger partial charge on any atom is -0.465 e. The van der Waals surface area contributed by atoms with Gasteiger partial charge in [0.05, 0.1) is 12.3 Å². The molecule has 8 heteroatoms. The van der Waals surface area contributed by atoms with E-state index in [0.29, 0.717) is 18.4 Å². The van der Waals surface area contributed by atoms with E-state index in [4.69, 9.17) is 31.4 Å². The van der Waals surface area contributed by atoms with Gasteiger partial charge in [0.25, 0.3) is 0 Å². The number of H-pyrrole nitrogens is 1. The van der Waals surface area contributed by atoms with Gasteiger partial charge in [-0.1, -0.05) is 36.4 Å². The zero-order chi connectivity index (χ0) is 23.1. The Morgan fingerprint density at radius 2 is 1.67 bits per heavy atom. The van der Waals surface area contributed by atoms with Gasteiger partial charge < -0.3 is 9.26 Å². The van der Waals surface area contributed by atoms with E-state index in [2.05, 4.69) is 36.1 Å². The third kappa shape index (κ3) is 3.62. The molecule has 0 amide bonds. The standard InChI is InChI=1S/C25H23N5O2S/c1-5-31-24-27-21-15(3)14(2)16(4)26-23(21)30(24)18-12-10-17(11-13-18)19-8-6-7-9-20(19)22-28-25(33)32-29-22/h6-13H,5H2,1-4H3,(H,28,29,33). The van der Waals surface area contributed by atoms with Gasteiger partial charge in [0.2, 0.25) is 0 Å². The second-order valence-corrected chi connectivity index (χ2v) is 8.15. The summed E-state index contributed by atoms with van der Waals surface area (Å²) >= 11 is 5.02. The van der Waals surface area contributed by atoms with Crippen LogP contribution in [0.3, 0.4) is 0 Å². The molecule has 0 fully saturated rings. The molecule has 2 aromatic carbocycles. The van der Waals surface area contributed by atoms with E-state index < -0.39 is 0 Å². The molecule has 5 aromatic rings. The zero-order valence-electron chi connectivity index (χ0n) is 18.8. The molecule has 3 heterocycles. The van der Waals surface area contributed by atoms with Crippen LogP contribution < -0.4 is 4.74 Å². The Morgan fingerprint density at radius 3 is 2.33 bits per heavy atom. The van der Waals surface area contributed by atoms with Gasteiger partial charge in [-0.3, -0.25) is 0 Å². The molecule has 166 valence electrons. The molecular formula is C25H23N5O2S. The highest BCUT2D eigenvalue weighted by Gasteiger charge is 2.19. The third-order valence-electron chi connectivity index (χ3n) is 5.89. The van der Waals surface area contributed by atoms with Crippen molar-refractivity contribution >= 4 is 23.4 Å².